The molecule has 3 rings (SSSR count). The van der Waals surface area contributed by atoms with Gasteiger partial charge in [0.25, 0.3) is 5.91 Å². The van der Waals surface area contributed by atoms with Crippen LogP contribution in [0.1, 0.15) is 22.1 Å². The minimum Gasteiger partial charge on any atom is -0.361 e. The number of hydrogen-bond donors (Lipinski definition) is 2. The van der Waals surface area contributed by atoms with Crippen molar-refractivity contribution in [3.8, 4) is 0 Å². The molecule has 1 atom stereocenters. The van der Waals surface area contributed by atoms with Gasteiger partial charge >= 0.3 is 0 Å². The van der Waals surface area contributed by atoms with Gasteiger partial charge in [-0.1, -0.05) is 35.9 Å². The van der Waals surface area contributed by atoms with Crippen molar-refractivity contribution in [2.24, 2.45) is 0 Å². The number of para-hydroxylation sites is 1. The average Bonchev–Trinajstić information content (AvgIpc) is 2.39. The van der Waals surface area contributed by atoms with E-state index < -0.39 is 0 Å². The van der Waals surface area contributed by atoms with Gasteiger partial charge in [-0.15, -0.1) is 0 Å². The van der Waals surface area contributed by atoms with Crippen LogP contribution in [-0.4, -0.2) is 5.91 Å². The number of hydrogen-bond acceptors (Lipinski definition) is 2. The maximum Gasteiger partial charge on any atom is 0.255 e. The van der Waals surface area contributed by atoms with Gasteiger partial charge in [0.15, 0.2) is 0 Å². The first-order valence-electron chi connectivity index (χ1n) is 5.66. The molecule has 90 valence electrons. The Bertz CT molecular complexity index is 595. The Kier molecular flexibility index (Phi) is 2.68. The summed E-state index contributed by atoms with van der Waals surface area (Å²) >= 11 is 5.85. The molecule has 0 aliphatic carbocycles. The van der Waals surface area contributed by atoms with E-state index in [1.807, 2.05) is 42.5 Å². The second-order valence-corrected chi connectivity index (χ2v) is 4.58. The second kappa shape index (κ2) is 4.35. The molecule has 0 saturated carbocycles. The number of carbonyl (C=O) groups is 1. The van der Waals surface area contributed by atoms with Crippen LogP contribution in [0.15, 0.2) is 48.5 Å². The molecule has 0 saturated heterocycles. The Morgan fingerprint density at radius 2 is 1.67 bits per heavy atom. The topological polar surface area (TPSA) is 41.1 Å². The van der Waals surface area contributed by atoms with Crippen molar-refractivity contribution in [3.05, 3.63) is 64.7 Å². The van der Waals surface area contributed by atoms with Crippen LogP contribution < -0.4 is 10.6 Å². The third-order valence-corrected chi connectivity index (χ3v) is 3.20. The molecule has 2 aromatic carbocycles. The van der Waals surface area contributed by atoms with Crippen molar-refractivity contribution in [1.82, 2.24) is 5.32 Å². The summed E-state index contributed by atoms with van der Waals surface area (Å²) in [5.41, 5.74) is 2.49. The Labute approximate surface area is 110 Å². The Hall–Kier alpha value is -2.00. The van der Waals surface area contributed by atoms with E-state index in [2.05, 4.69) is 10.6 Å². The zero-order chi connectivity index (χ0) is 12.5. The molecule has 1 aliphatic heterocycles. The van der Waals surface area contributed by atoms with Gasteiger partial charge in [-0.3, -0.25) is 4.79 Å². The zero-order valence-electron chi connectivity index (χ0n) is 9.48. The third-order valence-electron chi connectivity index (χ3n) is 2.95. The molecule has 1 aliphatic rings. The first kappa shape index (κ1) is 11.1. The minimum atomic E-state index is -0.218. The molecule has 4 heteroatoms. The summed E-state index contributed by atoms with van der Waals surface area (Å²) in [6.45, 7) is 0. The number of anilines is 1. The normalized spacial score (nSPS) is 17.6. The van der Waals surface area contributed by atoms with Crippen LogP contribution in [-0.2, 0) is 0 Å². The summed E-state index contributed by atoms with van der Waals surface area (Å²) in [6.07, 6.45) is -0.218. The highest BCUT2D eigenvalue weighted by atomic mass is 35.5. The standard InChI is InChI=1S/C14H11ClN2O/c15-10-7-5-9(6-8-10)13-16-12-4-2-1-3-11(12)14(18)17-13/h1-8,13,16H,(H,17,18)/t13-/m0/s1. The van der Waals surface area contributed by atoms with E-state index in [0.717, 1.165) is 11.3 Å². The quantitative estimate of drug-likeness (QED) is 0.825. The van der Waals surface area contributed by atoms with Crippen molar-refractivity contribution in [1.29, 1.82) is 0 Å². The lowest BCUT2D eigenvalue weighted by atomic mass is 10.1. The van der Waals surface area contributed by atoms with E-state index in [4.69, 9.17) is 11.6 Å². The second-order valence-electron chi connectivity index (χ2n) is 4.15. The fourth-order valence-corrected chi connectivity index (χ4v) is 2.16. The molecule has 2 aromatic rings. The summed E-state index contributed by atoms with van der Waals surface area (Å²) in [5, 5.41) is 6.89. The highest BCUT2D eigenvalue weighted by molar-refractivity contribution is 6.30. The summed E-state index contributed by atoms with van der Waals surface area (Å²) < 4.78 is 0. The number of nitrogens with one attached hydrogen (secondary N) is 2. The van der Waals surface area contributed by atoms with Gasteiger partial charge in [-0.25, -0.2) is 0 Å². The van der Waals surface area contributed by atoms with Crippen LogP contribution in [0.25, 0.3) is 0 Å². The van der Waals surface area contributed by atoms with Gasteiger partial charge in [0.1, 0.15) is 6.17 Å². The van der Waals surface area contributed by atoms with Crippen molar-refractivity contribution < 1.29 is 4.79 Å². The SMILES string of the molecule is O=C1N[C@@H](c2ccc(Cl)cc2)Nc2ccccc21. The predicted molar refractivity (Wildman–Crippen MR) is 71.7 cm³/mol. The molecule has 1 amide bonds. The minimum absolute atomic E-state index is 0.0655. The molecule has 1 heterocycles. The van der Waals surface area contributed by atoms with E-state index in [0.29, 0.717) is 10.6 Å². The molecule has 0 fully saturated rings. The highest BCUT2D eigenvalue weighted by Gasteiger charge is 2.23. The van der Waals surface area contributed by atoms with Crippen LogP contribution in [0.5, 0.6) is 0 Å². The summed E-state index contributed by atoms with van der Waals surface area (Å²) in [6, 6.07) is 14.9. The van der Waals surface area contributed by atoms with Gasteiger partial charge in [0.05, 0.1) is 5.56 Å². The maximum absolute atomic E-state index is 12.0. The fourth-order valence-electron chi connectivity index (χ4n) is 2.03. The Morgan fingerprint density at radius 3 is 2.44 bits per heavy atom. The number of fused-ring (bicyclic) bond motifs is 1. The molecule has 0 aromatic heterocycles. The van der Waals surface area contributed by atoms with Gasteiger partial charge in [-0.2, -0.15) is 0 Å². The zero-order valence-corrected chi connectivity index (χ0v) is 10.2. The number of benzene rings is 2. The predicted octanol–water partition coefficient (Wildman–Crippen LogP) is 3.19. The van der Waals surface area contributed by atoms with E-state index >= 15 is 0 Å². The lowest BCUT2D eigenvalue weighted by Crippen LogP contribution is -2.38. The maximum atomic E-state index is 12.0. The molecular formula is C14H11ClN2O. The van der Waals surface area contributed by atoms with Crippen molar-refractivity contribution in [3.63, 3.8) is 0 Å². The van der Waals surface area contributed by atoms with Crippen LogP contribution in [0, 0.1) is 0 Å². The van der Waals surface area contributed by atoms with Crippen molar-refractivity contribution >= 4 is 23.2 Å². The largest absolute Gasteiger partial charge is 0.361 e. The van der Waals surface area contributed by atoms with E-state index in [-0.39, 0.29) is 12.1 Å². The summed E-state index contributed by atoms with van der Waals surface area (Å²) in [5.74, 6) is -0.0655. The van der Waals surface area contributed by atoms with Crippen LogP contribution in [0.3, 0.4) is 0 Å². The van der Waals surface area contributed by atoms with Crippen molar-refractivity contribution in [2.75, 3.05) is 5.32 Å². The first-order chi connectivity index (χ1) is 8.74. The molecular weight excluding hydrogens is 248 g/mol. The van der Waals surface area contributed by atoms with E-state index in [1.165, 1.54) is 0 Å². The van der Waals surface area contributed by atoms with E-state index in [1.54, 1.807) is 6.07 Å². The van der Waals surface area contributed by atoms with E-state index in [9.17, 15) is 4.79 Å². The highest BCUT2D eigenvalue weighted by Crippen LogP contribution is 2.26. The van der Waals surface area contributed by atoms with Crippen molar-refractivity contribution in [2.45, 2.75) is 6.17 Å². The molecule has 0 spiro atoms. The molecule has 0 bridgehead atoms. The summed E-state index contributed by atoms with van der Waals surface area (Å²) in [7, 11) is 0. The number of rotatable bonds is 1. The molecule has 18 heavy (non-hydrogen) atoms. The first-order valence-corrected chi connectivity index (χ1v) is 6.04. The monoisotopic (exact) mass is 258 g/mol. The molecule has 3 nitrogen and oxygen atoms in total. The lowest BCUT2D eigenvalue weighted by molar-refractivity contribution is 0.0935. The van der Waals surface area contributed by atoms with Crippen LogP contribution in [0.4, 0.5) is 5.69 Å². The lowest BCUT2D eigenvalue weighted by Gasteiger charge is -2.28. The van der Waals surface area contributed by atoms with Gasteiger partial charge in [0.2, 0.25) is 0 Å². The third kappa shape index (κ3) is 1.93. The van der Waals surface area contributed by atoms with Gasteiger partial charge in [-0.05, 0) is 29.8 Å². The smallest absolute Gasteiger partial charge is 0.255 e. The summed E-state index contributed by atoms with van der Waals surface area (Å²) in [4.78, 5) is 12.0. The van der Waals surface area contributed by atoms with Gasteiger partial charge < -0.3 is 10.6 Å². The Morgan fingerprint density at radius 1 is 0.944 bits per heavy atom. The van der Waals surface area contributed by atoms with Crippen LogP contribution >= 0.6 is 11.6 Å². The molecule has 2 N–H and O–H groups in total. The number of amides is 1. The van der Waals surface area contributed by atoms with Crippen LogP contribution in [0.2, 0.25) is 5.02 Å². The molecule has 0 radical (unpaired) electrons. The van der Waals surface area contributed by atoms with Gasteiger partial charge in [0, 0.05) is 10.7 Å². The average molecular weight is 259 g/mol. The Balaban J connectivity index is 1.94. The number of carbonyl (C=O) groups excluding carboxylic acids is 1. The number of halogens is 1. The molecule has 0 unspecified atom stereocenters. The fraction of sp³-hybridized carbons (Fsp3) is 0.0714.